The van der Waals surface area contributed by atoms with Crippen LogP contribution in [0.1, 0.15) is 12.8 Å². The fraction of sp³-hybridized carbons (Fsp3) is 0.462. The Bertz CT molecular complexity index is 438. The Hall–Kier alpha value is -1.75. The predicted octanol–water partition coefficient (Wildman–Crippen LogP) is 1.11. The second-order valence-electron chi connectivity index (χ2n) is 4.50. The molecule has 0 atom stereocenters. The van der Waals surface area contributed by atoms with Crippen molar-refractivity contribution in [1.29, 1.82) is 0 Å². The van der Waals surface area contributed by atoms with Gasteiger partial charge in [0.05, 0.1) is 12.8 Å². The van der Waals surface area contributed by atoms with Crippen LogP contribution in [-0.2, 0) is 4.79 Å². The van der Waals surface area contributed by atoms with Crippen LogP contribution in [0.5, 0.6) is 5.75 Å². The van der Waals surface area contributed by atoms with Crippen molar-refractivity contribution in [2.75, 3.05) is 25.1 Å². The lowest BCUT2D eigenvalue weighted by Gasteiger charge is -2.37. The highest BCUT2D eigenvalue weighted by molar-refractivity contribution is 5.77. The van der Waals surface area contributed by atoms with Crippen LogP contribution in [0.4, 0.5) is 5.69 Å². The maximum absolute atomic E-state index is 10.9. The van der Waals surface area contributed by atoms with Crippen molar-refractivity contribution in [1.82, 2.24) is 0 Å². The SMILES string of the molecule is COc1ccccc1N1CCC(O)(C(=O)O)CC1. The molecule has 0 aliphatic carbocycles. The van der Waals surface area contributed by atoms with E-state index in [0.717, 1.165) is 11.4 Å². The first kappa shape index (κ1) is 12.7. The second-order valence-corrected chi connectivity index (χ2v) is 4.50. The summed E-state index contributed by atoms with van der Waals surface area (Å²) >= 11 is 0. The van der Waals surface area contributed by atoms with Crippen molar-refractivity contribution in [3.8, 4) is 5.75 Å². The van der Waals surface area contributed by atoms with Gasteiger partial charge >= 0.3 is 5.97 Å². The van der Waals surface area contributed by atoms with Gasteiger partial charge in [0.1, 0.15) is 5.75 Å². The van der Waals surface area contributed by atoms with Gasteiger partial charge in [-0.15, -0.1) is 0 Å². The maximum atomic E-state index is 10.9. The molecular formula is C13H17NO4. The number of aliphatic hydroxyl groups is 1. The smallest absolute Gasteiger partial charge is 0.335 e. The van der Waals surface area contributed by atoms with Crippen LogP contribution in [0.25, 0.3) is 0 Å². The lowest BCUT2D eigenvalue weighted by atomic mass is 9.91. The average molecular weight is 251 g/mol. The van der Waals surface area contributed by atoms with E-state index in [1.165, 1.54) is 0 Å². The summed E-state index contributed by atoms with van der Waals surface area (Å²) < 4.78 is 5.28. The average Bonchev–Trinajstić information content (AvgIpc) is 2.39. The summed E-state index contributed by atoms with van der Waals surface area (Å²) in [6.07, 6.45) is 0.445. The molecule has 5 heteroatoms. The summed E-state index contributed by atoms with van der Waals surface area (Å²) in [7, 11) is 1.61. The summed E-state index contributed by atoms with van der Waals surface area (Å²) in [6.45, 7) is 1.01. The predicted molar refractivity (Wildman–Crippen MR) is 67.0 cm³/mol. The Morgan fingerprint density at radius 1 is 1.33 bits per heavy atom. The van der Waals surface area contributed by atoms with E-state index in [-0.39, 0.29) is 12.8 Å². The quantitative estimate of drug-likeness (QED) is 0.842. The van der Waals surface area contributed by atoms with Crippen molar-refractivity contribution in [2.45, 2.75) is 18.4 Å². The maximum Gasteiger partial charge on any atom is 0.335 e. The number of rotatable bonds is 3. The number of carboxylic acid groups (broad SMARTS) is 1. The Morgan fingerprint density at radius 2 is 1.94 bits per heavy atom. The Balaban J connectivity index is 2.12. The molecule has 0 bridgehead atoms. The van der Waals surface area contributed by atoms with E-state index in [4.69, 9.17) is 9.84 Å². The summed E-state index contributed by atoms with van der Waals surface area (Å²) in [5, 5.41) is 18.8. The molecule has 0 radical (unpaired) electrons. The number of aliphatic carboxylic acids is 1. The largest absolute Gasteiger partial charge is 0.495 e. The van der Waals surface area contributed by atoms with Gasteiger partial charge in [-0.25, -0.2) is 4.79 Å². The first-order valence-corrected chi connectivity index (χ1v) is 5.90. The minimum Gasteiger partial charge on any atom is -0.495 e. The lowest BCUT2D eigenvalue weighted by molar-refractivity contribution is -0.160. The standard InChI is InChI=1S/C13H17NO4/c1-18-11-5-3-2-4-10(11)14-8-6-13(17,7-9-14)12(15)16/h2-5,17H,6-9H2,1H3,(H,15,16). The van der Waals surface area contributed by atoms with E-state index >= 15 is 0 Å². The Morgan fingerprint density at radius 3 is 2.50 bits per heavy atom. The van der Waals surface area contributed by atoms with Gasteiger partial charge < -0.3 is 19.8 Å². The van der Waals surface area contributed by atoms with Gasteiger partial charge in [0.2, 0.25) is 0 Å². The van der Waals surface area contributed by atoms with Crippen molar-refractivity contribution in [2.24, 2.45) is 0 Å². The Kier molecular flexibility index (Phi) is 3.43. The van der Waals surface area contributed by atoms with Gasteiger partial charge in [-0.3, -0.25) is 0 Å². The molecule has 0 amide bonds. The monoisotopic (exact) mass is 251 g/mol. The summed E-state index contributed by atoms with van der Waals surface area (Å²) in [5.41, 5.74) is -0.647. The van der Waals surface area contributed by atoms with Gasteiger partial charge in [0.15, 0.2) is 5.60 Å². The minimum atomic E-state index is -1.58. The summed E-state index contributed by atoms with van der Waals surface area (Å²) in [6, 6.07) is 7.60. The minimum absolute atomic E-state index is 0.223. The molecule has 2 N–H and O–H groups in total. The first-order chi connectivity index (χ1) is 8.57. The summed E-state index contributed by atoms with van der Waals surface area (Å²) in [4.78, 5) is 13.0. The first-order valence-electron chi connectivity index (χ1n) is 5.90. The highest BCUT2D eigenvalue weighted by Gasteiger charge is 2.39. The number of para-hydroxylation sites is 2. The number of hydrogen-bond acceptors (Lipinski definition) is 4. The number of methoxy groups -OCH3 is 1. The molecule has 1 aromatic carbocycles. The molecule has 0 saturated carbocycles. The topological polar surface area (TPSA) is 70.0 Å². The molecule has 1 aromatic rings. The zero-order valence-electron chi connectivity index (χ0n) is 10.3. The van der Waals surface area contributed by atoms with Crippen LogP contribution in [0.3, 0.4) is 0 Å². The van der Waals surface area contributed by atoms with Gasteiger partial charge in [0, 0.05) is 25.9 Å². The van der Waals surface area contributed by atoms with E-state index in [1.54, 1.807) is 7.11 Å². The van der Waals surface area contributed by atoms with E-state index in [2.05, 4.69) is 0 Å². The number of anilines is 1. The van der Waals surface area contributed by atoms with Crippen molar-refractivity contribution in [3.63, 3.8) is 0 Å². The zero-order chi connectivity index (χ0) is 13.2. The molecule has 1 saturated heterocycles. The van der Waals surface area contributed by atoms with Gasteiger partial charge in [-0.05, 0) is 12.1 Å². The van der Waals surface area contributed by atoms with E-state index in [1.807, 2.05) is 29.2 Å². The molecule has 0 unspecified atom stereocenters. The van der Waals surface area contributed by atoms with E-state index < -0.39 is 11.6 Å². The van der Waals surface area contributed by atoms with Crippen molar-refractivity contribution < 1.29 is 19.7 Å². The van der Waals surface area contributed by atoms with E-state index in [9.17, 15) is 9.90 Å². The molecule has 5 nitrogen and oxygen atoms in total. The molecule has 1 aliphatic heterocycles. The van der Waals surface area contributed by atoms with Crippen LogP contribution in [0.15, 0.2) is 24.3 Å². The number of hydrogen-bond donors (Lipinski definition) is 2. The van der Waals surface area contributed by atoms with Crippen LogP contribution < -0.4 is 9.64 Å². The zero-order valence-corrected chi connectivity index (χ0v) is 10.3. The number of carboxylic acids is 1. The molecular weight excluding hydrogens is 234 g/mol. The number of piperidine rings is 1. The highest BCUT2D eigenvalue weighted by Crippen LogP contribution is 2.32. The molecule has 2 rings (SSSR count). The highest BCUT2D eigenvalue weighted by atomic mass is 16.5. The molecule has 1 heterocycles. The number of nitrogens with zero attached hydrogens (tertiary/aromatic N) is 1. The summed E-state index contributed by atoms with van der Waals surface area (Å²) in [5.74, 6) is -0.375. The normalized spacial score (nSPS) is 18.4. The second kappa shape index (κ2) is 4.86. The van der Waals surface area contributed by atoms with Crippen LogP contribution in [0.2, 0.25) is 0 Å². The molecule has 1 fully saturated rings. The van der Waals surface area contributed by atoms with Crippen LogP contribution >= 0.6 is 0 Å². The van der Waals surface area contributed by atoms with Crippen molar-refractivity contribution in [3.05, 3.63) is 24.3 Å². The fourth-order valence-corrected chi connectivity index (χ4v) is 2.22. The van der Waals surface area contributed by atoms with E-state index in [0.29, 0.717) is 13.1 Å². The van der Waals surface area contributed by atoms with Crippen LogP contribution in [0, 0.1) is 0 Å². The lowest BCUT2D eigenvalue weighted by Crippen LogP contribution is -2.49. The number of carbonyl (C=O) groups is 1. The van der Waals surface area contributed by atoms with Gasteiger partial charge in [-0.2, -0.15) is 0 Å². The molecule has 1 aliphatic rings. The van der Waals surface area contributed by atoms with Crippen molar-refractivity contribution >= 4 is 11.7 Å². The van der Waals surface area contributed by atoms with Crippen LogP contribution in [-0.4, -0.2) is 42.0 Å². The fourth-order valence-electron chi connectivity index (χ4n) is 2.22. The molecule has 18 heavy (non-hydrogen) atoms. The Labute approximate surface area is 106 Å². The number of benzene rings is 1. The van der Waals surface area contributed by atoms with Gasteiger partial charge in [0.25, 0.3) is 0 Å². The third-order valence-electron chi connectivity index (χ3n) is 3.41. The molecule has 0 aromatic heterocycles. The molecule has 98 valence electrons. The van der Waals surface area contributed by atoms with Gasteiger partial charge in [-0.1, -0.05) is 12.1 Å². The third kappa shape index (κ3) is 2.26. The number of ether oxygens (including phenoxy) is 1. The third-order valence-corrected chi connectivity index (χ3v) is 3.41. The molecule has 0 spiro atoms.